The minimum Gasteiger partial charge on any atom is -0.362 e. The zero-order valence-electron chi connectivity index (χ0n) is 15.3. The van der Waals surface area contributed by atoms with Gasteiger partial charge in [-0.3, -0.25) is 4.90 Å². The Morgan fingerprint density at radius 3 is 2.24 bits per heavy atom. The highest BCUT2D eigenvalue weighted by Crippen LogP contribution is 2.35. The van der Waals surface area contributed by atoms with Gasteiger partial charge in [-0.25, -0.2) is 0 Å². The van der Waals surface area contributed by atoms with Gasteiger partial charge in [-0.1, -0.05) is 85.0 Å². The van der Waals surface area contributed by atoms with Crippen LogP contribution in [0.3, 0.4) is 0 Å². The summed E-state index contributed by atoms with van der Waals surface area (Å²) in [4.78, 5) is 2.40. The molecule has 0 unspecified atom stereocenters. The molecule has 1 aliphatic rings. The molecule has 1 saturated heterocycles. The van der Waals surface area contributed by atoms with Crippen molar-refractivity contribution in [3.63, 3.8) is 0 Å². The van der Waals surface area contributed by atoms with E-state index < -0.39 is 0 Å². The molecule has 0 spiro atoms. The number of morpholine rings is 1. The summed E-state index contributed by atoms with van der Waals surface area (Å²) < 4.78 is 6.53. The van der Waals surface area contributed by atoms with Crippen LogP contribution in [0, 0.1) is 0 Å². The lowest BCUT2D eigenvalue weighted by Gasteiger charge is -2.47. The summed E-state index contributed by atoms with van der Waals surface area (Å²) in [5.41, 5.74) is 3.48. The lowest BCUT2D eigenvalue weighted by atomic mass is 9.92. The maximum Gasteiger partial charge on any atom is 0.0986 e. The number of likely N-dealkylation sites (N-methyl/N-ethyl adjacent to an activating group) is 1. The average molecular weight is 333 g/mol. The molecule has 130 valence electrons. The molecule has 1 heterocycles. The van der Waals surface area contributed by atoms with Crippen LogP contribution in [0.25, 0.3) is 6.08 Å². The summed E-state index contributed by atoms with van der Waals surface area (Å²) in [7, 11) is 2.18. The maximum atomic E-state index is 6.53. The molecule has 1 fully saturated rings. The van der Waals surface area contributed by atoms with Crippen molar-refractivity contribution >= 4 is 6.08 Å². The Bertz CT molecular complexity index is 722. The summed E-state index contributed by atoms with van der Waals surface area (Å²) in [6.45, 7) is 8.47. The molecule has 2 nitrogen and oxygen atoms in total. The van der Waals surface area contributed by atoms with E-state index in [0.717, 1.165) is 5.57 Å². The standard InChI is InChI=1S/C23H27NO/c1-17(2)22-21(16-15-19-11-7-5-8-12-19)24(4)18(3)23(25-22)20-13-9-6-10-14-20/h5-16,18,21-23H,1H2,2-4H3/b16-15+/t18-,21+,22-,23-/m0/s1. The Morgan fingerprint density at radius 1 is 1.04 bits per heavy atom. The van der Waals surface area contributed by atoms with Crippen LogP contribution in [-0.4, -0.2) is 30.1 Å². The largest absolute Gasteiger partial charge is 0.362 e. The van der Waals surface area contributed by atoms with Crippen LogP contribution in [0.5, 0.6) is 0 Å². The van der Waals surface area contributed by atoms with Gasteiger partial charge < -0.3 is 4.74 Å². The minimum atomic E-state index is -0.0219. The summed E-state index contributed by atoms with van der Waals surface area (Å²) in [5, 5.41) is 0. The molecule has 0 aromatic heterocycles. The van der Waals surface area contributed by atoms with Gasteiger partial charge in [-0.15, -0.1) is 0 Å². The van der Waals surface area contributed by atoms with E-state index in [1.807, 2.05) is 12.1 Å². The zero-order valence-corrected chi connectivity index (χ0v) is 15.3. The first-order valence-electron chi connectivity index (χ1n) is 8.89. The highest BCUT2D eigenvalue weighted by Gasteiger charge is 2.39. The normalized spacial score (nSPS) is 27.5. The minimum absolute atomic E-state index is 0.0219. The Morgan fingerprint density at radius 2 is 1.64 bits per heavy atom. The molecule has 0 bridgehead atoms. The first-order valence-corrected chi connectivity index (χ1v) is 8.89. The van der Waals surface area contributed by atoms with E-state index in [9.17, 15) is 0 Å². The molecule has 1 aliphatic heterocycles. The van der Waals surface area contributed by atoms with Crippen LogP contribution in [-0.2, 0) is 4.74 Å². The van der Waals surface area contributed by atoms with Gasteiger partial charge in [0.1, 0.15) is 0 Å². The van der Waals surface area contributed by atoms with Crippen LogP contribution in [0.1, 0.15) is 31.1 Å². The number of nitrogens with zero attached hydrogens (tertiary/aromatic N) is 1. The van der Waals surface area contributed by atoms with Crippen molar-refractivity contribution in [3.8, 4) is 0 Å². The van der Waals surface area contributed by atoms with Crippen molar-refractivity contribution in [1.82, 2.24) is 4.90 Å². The SMILES string of the molecule is C=C(C)[C@@H]1O[C@H](c2ccccc2)[C@H](C)N(C)[C@@H]1/C=C/c1ccccc1. The maximum absolute atomic E-state index is 6.53. The molecule has 25 heavy (non-hydrogen) atoms. The fraction of sp³-hybridized carbons (Fsp3) is 0.304. The fourth-order valence-electron chi connectivity index (χ4n) is 3.47. The zero-order chi connectivity index (χ0) is 17.8. The van der Waals surface area contributed by atoms with Gasteiger partial charge in [0.15, 0.2) is 0 Å². The highest BCUT2D eigenvalue weighted by molar-refractivity contribution is 5.50. The number of benzene rings is 2. The number of rotatable bonds is 4. The van der Waals surface area contributed by atoms with Gasteiger partial charge in [-0.2, -0.15) is 0 Å². The fourth-order valence-corrected chi connectivity index (χ4v) is 3.47. The Kier molecular flexibility index (Phi) is 5.52. The molecule has 2 aromatic rings. The molecular weight excluding hydrogens is 306 g/mol. The molecule has 2 heteroatoms. The third-order valence-corrected chi connectivity index (χ3v) is 5.05. The molecule has 2 aromatic carbocycles. The van der Waals surface area contributed by atoms with E-state index in [1.54, 1.807) is 0 Å². The lowest BCUT2D eigenvalue weighted by Crippen LogP contribution is -2.54. The average Bonchev–Trinajstić information content (AvgIpc) is 2.64. The van der Waals surface area contributed by atoms with Crippen molar-refractivity contribution < 1.29 is 4.74 Å². The quantitative estimate of drug-likeness (QED) is 0.721. The van der Waals surface area contributed by atoms with Crippen molar-refractivity contribution in [2.45, 2.75) is 38.1 Å². The van der Waals surface area contributed by atoms with E-state index in [4.69, 9.17) is 4.74 Å². The van der Waals surface area contributed by atoms with Crippen molar-refractivity contribution in [2.75, 3.05) is 7.05 Å². The van der Waals surface area contributed by atoms with Crippen molar-refractivity contribution in [1.29, 1.82) is 0 Å². The Labute approximate surface area is 151 Å². The van der Waals surface area contributed by atoms with E-state index in [-0.39, 0.29) is 24.3 Å². The monoisotopic (exact) mass is 333 g/mol. The Hall–Kier alpha value is -2.16. The number of hydrogen-bond donors (Lipinski definition) is 0. The summed E-state index contributed by atoms with van der Waals surface area (Å²) in [6.07, 6.45) is 4.45. The molecule has 0 radical (unpaired) electrons. The first kappa shape index (κ1) is 17.7. The molecule has 0 amide bonds. The van der Waals surface area contributed by atoms with E-state index >= 15 is 0 Å². The highest BCUT2D eigenvalue weighted by atomic mass is 16.5. The molecule has 3 rings (SSSR count). The van der Waals surface area contributed by atoms with Crippen LogP contribution in [0.4, 0.5) is 0 Å². The third kappa shape index (κ3) is 3.92. The molecule has 4 atom stereocenters. The first-order chi connectivity index (χ1) is 12.1. The number of ether oxygens (including phenoxy) is 1. The number of hydrogen-bond acceptors (Lipinski definition) is 2. The predicted octanol–water partition coefficient (Wildman–Crippen LogP) is 5.10. The van der Waals surface area contributed by atoms with Crippen LogP contribution in [0.15, 0.2) is 78.9 Å². The van der Waals surface area contributed by atoms with E-state index in [1.165, 1.54) is 11.1 Å². The van der Waals surface area contributed by atoms with Crippen molar-refractivity contribution in [3.05, 3.63) is 90.0 Å². The van der Waals surface area contributed by atoms with E-state index in [0.29, 0.717) is 0 Å². The third-order valence-electron chi connectivity index (χ3n) is 5.05. The molecule has 0 saturated carbocycles. The van der Waals surface area contributed by atoms with Crippen LogP contribution < -0.4 is 0 Å². The second-order valence-corrected chi connectivity index (χ2v) is 6.90. The van der Waals surface area contributed by atoms with E-state index in [2.05, 4.69) is 93.1 Å². The molecule has 0 N–H and O–H groups in total. The van der Waals surface area contributed by atoms with Gasteiger partial charge in [-0.05, 0) is 32.0 Å². The van der Waals surface area contributed by atoms with Gasteiger partial charge in [0.2, 0.25) is 0 Å². The topological polar surface area (TPSA) is 12.5 Å². The Balaban J connectivity index is 1.87. The second kappa shape index (κ2) is 7.81. The van der Waals surface area contributed by atoms with Gasteiger partial charge in [0.25, 0.3) is 0 Å². The summed E-state index contributed by atoms with van der Waals surface area (Å²) >= 11 is 0. The summed E-state index contributed by atoms with van der Waals surface area (Å²) in [6, 6.07) is 21.3. The molecule has 0 aliphatic carbocycles. The van der Waals surface area contributed by atoms with Gasteiger partial charge in [0, 0.05) is 6.04 Å². The van der Waals surface area contributed by atoms with Gasteiger partial charge >= 0.3 is 0 Å². The lowest BCUT2D eigenvalue weighted by molar-refractivity contribution is -0.115. The smallest absolute Gasteiger partial charge is 0.0986 e. The summed E-state index contributed by atoms with van der Waals surface area (Å²) in [5.74, 6) is 0. The second-order valence-electron chi connectivity index (χ2n) is 6.90. The van der Waals surface area contributed by atoms with Crippen LogP contribution in [0.2, 0.25) is 0 Å². The van der Waals surface area contributed by atoms with Crippen molar-refractivity contribution in [2.24, 2.45) is 0 Å². The van der Waals surface area contributed by atoms with Crippen LogP contribution >= 0.6 is 0 Å². The predicted molar refractivity (Wildman–Crippen MR) is 105 cm³/mol. The van der Waals surface area contributed by atoms with Gasteiger partial charge in [0.05, 0.1) is 18.2 Å². The molecular formula is C23H27NO.